The number of hydrogen-bond acceptors (Lipinski definition) is 2. The lowest BCUT2D eigenvalue weighted by atomic mass is 10.1. The number of aliphatic hydroxyl groups is 1. The lowest BCUT2D eigenvalue weighted by Gasteiger charge is -2.10. The molecule has 2 N–H and O–H groups in total. The second-order valence-corrected chi connectivity index (χ2v) is 3.63. The highest BCUT2D eigenvalue weighted by Gasteiger charge is 2.15. The summed E-state index contributed by atoms with van der Waals surface area (Å²) in [4.78, 5) is 10.3. The first-order chi connectivity index (χ1) is 6.50. The minimum Gasteiger partial charge on any atom is -0.481 e. The van der Waals surface area contributed by atoms with Crippen LogP contribution >= 0.6 is 15.9 Å². The first-order valence-electron chi connectivity index (χ1n) is 3.85. The highest BCUT2D eigenvalue weighted by Crippen LogP contribution is 2.26. The van der Waals surface area contributed by atoms with Gasteiger partial charge in [0, 0.05) is 4.47 Å². The molecule has 1 unspecified atom stereocenters. The van der Waals surface area contributed by atoms with Gasteiger partial charge in [-0.1, -0.05) is 22.0 Å². The zero-order valence-electron chi connectivity index (χ0n) is 7.08. The van der Waals surface area contributed by atoms with Gasteiger partial charge in [0.2, 0.25) is 0 Å². The predicted octanol–water partition coefficient (Wildman–Crippen LogP) is 2.10. The number of hydrogen-bond donors (Lipinski definition) is 2. The smallest absolute Gasteiger partial charge is 0.306 e. The van der Waals surface area contributed by atoms with Crippen molar-refractivity contribution in [3.05, 3.63) is 34.1 Å². The molecule has 1 rings (SSSR count). The molecule has 0 aliphatic rings. The zero-order valence-corrected chi connectivity index (χ0v) is 8.66. The van der Waals surface area contributed by atoms with Gasteiger partial charge in [0.05, 0.1) is 12.5 Å². The Hall–Kier alpha value is -0.940. The Morgan fingerprint density at radius 2 is 2.21 bits per heavy atom. The molecule has 76 valence electrons. The van der Waals surface area contributed by atoms with Gasteiger partial charge in [-0.25, -0.2) is 4.39 Å². The number of carbonyl (C=O) groups is 1. The van der Waals surface area contributed by atoms with Gasteiger partial charge in [0.25, 0.3) is 0 Å². The molecule has 14 heavy (non-hydrogen) atoms. The van der Waals surface area contributed by atoms with Crippen LogP contribution < -0.4 is 0 Å². The molecule has 0 fully saturated rings. The number of halogens is 2. The van der Waals surface area contributed by atoms with Crippen molar-refractivity contribution >= 4 is 21.9 Å². The highest BCUT2D eigenvalue weighted by atomic mass is 79.9. The van der Waals surface area contributed by atoms with Crippen LogP contribution in [0.25, 0.3) is 0 Å². The lowest BCUT2D eigenvalue weighted by molar-refractivity contribution is -0.139. The number of carboxylic acids is 1. The average Bonchev–Trinajstić information content (AvgIpc) is 2.01. The second-order valence-electron chi connectivity index (χ2n) is 2.78. The average molecular weight is 263 g/mol. The van der Waals surface area contributed by atoms with E-state index >= 15 is 0 Å². The number of aliphatic carboxylic acids is 1. The molecule has 0 aliphatic carbocycles. The summed E-state index contributed by atoms with van der Waals surface area (Å²) in [7, 11) is 0. The van der Waals surface area contributed by atoms with Crippen LogP contribution in [0.4, 0.5) is 4.39 Å². The molecule has 0 saturated carbocycles. The number of rotatable bonds is 3. The van der Waals surface area contributed by atoms with Crippen molar-refractivity contribution in [3.63, 3.8) is 0 Å². The molecule has 0 radical (unpaired) electrons. The molecule has 1 aromatic carbocycles. The summed E-state index contributed by atoms with van der Waals surface area (Å²) in [5.74, 6) is -1.54. The summed E-state index contributed by atoms with van der Waals surface area (Å²) < 4.78 is 13.0. The van der Waals surface area contributed by atoms with Crippen molar-refractivity contribution < 1.29 is 19.4 Å². The van der Waals surface area contributed by atoms with Gasteiger partial charge in [0.15, 0.2) is 0 Å². The topological polar surface area (TPSA) is 57.5 Å². The van der Waals surface area contributed by atoms with Crippen molar-refractivity contribution in [2.45, 2.75) is 12.5 Å². The molecule has 3 nitrogen and oxygen atoms in total. The number of carboxylic acid groups (broad SMARTS) is 1. The Balaban J connectivity index is 2.90. The van der Waals surface area contributed by atoms with Crippen LogP contribution in [0.1, 0.15) is 18.1 Å². The van der Waals surface area contributed by atoms with E-state index in [0.29, 0.717) is 10.0 Å². The summed E-state index contributed by atoms with van der Waals surface area (Å²) in [5.41, 5.74) is 0.369. The maximum absolute atomic E-state index is 12.6. The molecule has 0 aromatic heterocycles. The molecule has 0 aliphatic heterocycles. The summed E-state index contributed by atoms with van der Waals surface area (Å²) >= 11 is 3.04. The van der Waals surface area contributed by atoms with Crippen LogP contribution in [-0.4, -0.2) is 16.2 Å². The fourth-order valence-corrected chi connectivity index (χ4v) is 1.66. The maximum atomic E-state index is 12.6. The summed E-state index contributed by atoms with van der Waals surface area (Å²) in [6, 6.07) is 3.71. The standard InChI is InChI=1S/C9H8BrFO3/c10-7-3-5(11)1-2-6(7)8(12)4-9(13)14/h1-3,8,12H,4H2,(H,13,14). The molecule has 5 heteroatoms. The number of aliphatic hydroxyl groups excluding tert-OH is 1. The van der Waals surface area contributed by atoms with E-state index in [4.69, 9.17) is 5.11 Å². The lowest BCUT2D eigenvalue weighted by Crippen LogP contribution is -2.06. The van der Waals surface area contributed by atoms with Crippen molar-refractivity contribution in [1.82, 2.24) is 0 Å². The van der Waals surface area contributed by atoms with E-state index in [2.05, 4.69) is 15.9 Å². The van der Waals surface area contributed by atoms with Crippen molar-refractivity contribution in [2.75, 3.05) is 0 Å². The first kappa shape index (κ1) is 11.1. The van der Waals surface area contributed by atoms with E-state index in [-0.39, 0.29) is 0 Å². The molecule has 1 atom stereocenters. The maximum Gasteiger partial charge on any atom is 0.306 e. The van der Waals surface area contributed by atoms with Crippen LogP contribution in [0.2, 0.25) is 0 Å². The molecule has 0 heterocycles. The minimum absolute atomic E-state index is 0.367. The molecule has 1 aromatic rings. The number of benzene rings is 1. The molecular weight excluding hydrogens is 255 g/mol. The van der Waals surface area contributed by atoms with Gasteiger partial charge >= 0.3 is 5.97 Å². The Bertz CT molecular complexity index is 354. The Morgan fingerprint density at radius 3 is 2.71 bits per heavy atom. The van der Waals surface area contributed by atoms with Crippen LogP contribution in [-0.2, 0) is 4.79 Å². The fraction of sp³-hybridized carbons (Fsp3) is 0.222. The Kier molecular flexibility index (Phi) is 3.60. The molecular formula is C9H8BrFO3. The zero-order chi connectivity index (χ0) is 10.7. The molecule has 0 bridgehead atoms. The van der Waals surface area contributed by atoms with E-state index in [1.165, 1.54) is 18.2 Å². The Labute approximate surface area is 88.3 Å². The summed E-state index contributed by atoms with van der Waals surface area (Å²) in [6.07, 6.45) is -1.52. The Morgan fingerprint density at radius 1 is 1.57 bits per heavy atom. The summed E-state index contributed by atoms with van der Waals surface area (Å²) in [6.45, 7) is 0. The summed E-state index contributed by atoms with van der Waals surface area (Å²) in [5, 5.41) is 17.9. The van der Waals surface area contributed by atoms with Gasteiger partial charge in [-0.05, 0) is 17.7 Å². The van der Waals surface area contributed by atoms with Crippen LogP contribution in [0.15, 0.2) is 22.7 Å². The monoisotopic (exact) mass is 262 g/mol. The molecule has 0 amide bonds. The van der Waals surface area contributed by atoms with Gasteiger partial charge in [-0.15, -0.1) is 0 Å². The van der Waals surface area contributed by atoms with Gasteiger partial charge in [-0.3, -0.25) is 4.79 Å². The fourth-order valence-electron chi connectivity index (χ4n) is 1.05. The molecule has 0 saturated heterocycles. The third-order valence-electron chi connectivity index (χ3n) is 1.69. The van der Waals surface area contributed by atoms with E-state index in [9.17, 15) is 14.3 Å². The minimum atomic E-state index is -1.12. The van der Waals surface area contributed by atoms with Gasteiger partial charge in [-0.2, -0.15) is 0 Å². The first-order valence-corrected chi connectivity index (χ1v) is 4.65. The normalized spacial score (nSPS) is 12.5. The van der Waals surface area contributed by atoms with Crippen molar-refractivity contribution in [3.8, 4) is 0 Å². The van der Waals surface area contributed by atoms with E-state index in [0.717, 1.165) is 0 Å². The van der Waals surface area contributed by atoms with E-state index in [1.54, 1.807) is 0 Å². The second kappa shape index (κ2) is 4.52. The van der Waals surface area contributed by atoms with Crippen LogP contribution in [0.3, 0.4) is 0 Å². The quantitative estimate of drug-likeness (QED) is 0.877. The van der Waals surface area contributed by atoms with Gasteiger partial charge in [0.1, 0.15) is 5.82 Å². The van der Waals surface area contributed by atoms with Crippen molar-refractivity contribution in [2.24, 2.45) is 0 Å². The van der Waals surface area contributed by atoms with Crippen LogP contribution in [0, 0.1) is 5.82 Å². The third-order valence-corrected chi connectivity index (χ3v) is 2.38. The highest BCUT2D eigenvalue weighted by molar-refractivity contribution is 9.10. The van der Waals surface area contributed by atoms with E-state index < -0.39 is 24.3 Å². The van der Waals surface area contributed by atoms with E-state index in [1.807, 2.05) is 0 Å². The van der Waals surface area contributed by atoms with Gasteiger partial charge < -0.3 is 10.2 Å². The largest absolute Gasteiger partial charge is 0.481 e. The SMILES string of the molecule is O=C(O)CC(O)c1ccc(F)cc1Br. The molecule has 0 spiro atoms. The third kappa shape index (κ3) is 2.78. The van der Waals surface area contributed by atoms with Crippen molar-refractivity contribution in [1.29, 1.82) is 0 Å². The predicted molar refractivity (Wildman–Crippen MR) is 51.3 cm³/mol. The van der Waals surface area contributed by atoms with Crippen LogP contribution in [0.5, 0.6) is 0 Å².